The average molecular weight is 499 g/mol. The molecule has 1 heterocycles. The van der Waals surface area contributed by atoms with Crippen LogP contribution < -0.4 is 10.0 Å². The van der Waals surface area contributed by atoms with Crippen molar-refractivity contribution in [2.45, 2.75) is 26.3 Å². The van der Waals surface area contributed by atoms with Crippen molar-refractivity contribution in [2.75, 3.05) is 17.6 Å². The number of hydrogen-bond acceptors (Lipinski definition) is 5. The first-order chi connectivity index (χ1) is 15.8. The van der Waals surface area contributed by atoms with Crippen LogP contribution in [0.2, 0.25) is 0 Å². The van der Waals surface area contributed by atoms with Crippen molar-refractivity contribution >= 4 is 27.7 Å². The van der Waals surface area contributed by atoms with Crippen LogP contribution in [0.25, 0.3) is 6.08 Å². The molecule has 0 unspecified atom stereocenters. The minimum atomic E-state index is -4.63. The van der Waals surface area contributed by atoms with Gasteiger partial charge in [-0.15, -0.1) is 6.42 Å². The molecule has 0 aliphatic carbocycles. The molecule has 0 saturated heterocycles. The molecule has 12 heteroatoms. The fraction of sp³-hybridized carbons (Fsp3) is 0.273. The third-order valence-corrected chi connectivity index (χ3v) is 4.79. The van der Waals surface area contributed by atoms with Gasteiger partial charge in [-0.2, -0.15) is 13.2 Å². The van der Waals surface area contributed by atoms with Crippen molar-refractivity contribution < 1.29 is 35.5 Å². The SMILES string of the molecule is C#Cc1cc(CNC(=O)/C=C\c2ccc(C(F)(F)F)nc2COCC)cc(F)c1NS(C)(=O)=O. The molecule has 1 aromatic heterocycles. The number of carbonyl (C=O) groups is 1. The van der Waals surface area contributed by atoms with E-state index < -0.39 is 33.6 Å². The molecular formula is C22H21F4N3O4S. The molecule has 0 saturated carbocycles. The lowest BCUT2D eigenvalue weighted by molar-refractivity contribution is -0.141. The van der Waals surface area contributed by atoms with Crippen LogP contribution in [0.5, 0.6) is 0 Å². The van der Waals surface area contributed by atoms with Crippen molar-refractivity contribution in [2.24, 2.45) is 0 Å². The number of hydrogen-bond donors (Lipinski definition) is 2. The molecular weight excluding hydrogens is 478 g/mol. The van der Waals surface area contributed by atoms with Crippen molar-refractivity contribution in [3.05, 3.63) is 64.2 Å². The van der Waals surface area contributed by atoms with Crippen molar-refractivity contribution in [3.8, 4) is 12.3 Å². The highest BCUT2D eigenvalue weighted by Crippen LogP contribution is 2.28. The number of terminal acetylenes is 1. The first-order valence-corrected chi connectivity index (χ1v) is 11.6. The van der Waals surface area contributed by atoms with E-state index >= 15 is 0 Å². The number of amides is 1. The number of anilines is 1. The van der Waals surface area contributed by atoms with Crippen LogP contribution in [-0.4, -0.2) is 32.2 Å². The van der Waals surface area contributed by atoms with E-state index in [9.17, 15) is 30.8 Å². The quantitative estimate of drug-likeness (QED) is 0.313. The summed E-state index contributed by atoms with van der Waals surface area (Å²) >= 11 is 0. The van der Waals surface area contributed by atoms with E-state index in [1.807, 2.05) is 4.72 Å². The van der Waals surface area contributed by atoms with Gasteiger partial charge in [0.25, 0.3) is 0 Å². The molecule has 0 atom stereocenters. The van der Waals surface area contributed by atoms with Crippen LogP contribution in [0.15, 0.2) is 30.3 Å². The first kappa shape index (κ1) is 26.8. The molecule has 7 nitrogen and oxygen atoms in total. The van der Waals surface area contributed by atoms with Crippen LogP contribution in [0.1, 0.15) is 35.0 Å². The highest BCUT2D eigenvalue weighted by Gasteiger charge is 2.32. The summed E-state index contributed by atoms with van der Waals surface area (Å²) in [6.07, 6.45) is 3.91. The molecule has 0 fully saturated rings. The highest BCUT2D eigenvalue weighted by molar-refractivity contribution is 7.92. The molecule has 34 heavy (non-hydrogen) atoms. The maximum Gasteiger partial charge on any atom is 0.433 e. The van der Waals surface area contributed by atoms with Gasteiger partial charge in [-0.05, 0) is 42.3 Å². The van der Waals surface area contributed by atoms with Gasteiger partial charge in [0.05, 0.1) is 29.8 Å². The molecule has 0 aliphatic rings. The average Bonchev–Trinajstić information content (AvgIpc) is 2.75. The van der Waals surface area contributed by atoms with Crippen molar-refractivity contribution in [1.29, 1.82) is 0 Å². The standard InChI is InChI=1S/C22H21F4N3O4S/c1-4-15-10-14(11-17(23)21(15)29-34(3,31)32)12-27-20(30)9-7-16-6-8-19(22(24,25)26)28-18(16)13-33-5-2/h1,6-11,29H,5,12-13H2,2-3H3,(H,27,30)/b9-7-. The zero-order chi connectivity index (χ0) is 25.5. The van der Waals surface area contributed by atoms with E-state index in [4.69, 9.17) is 11.2 Å². The Morgan fingerprint density at radius 3 is 2.59 bits per heavy atom. The molecule has 0 bridgehead atoms. The topological polar surface area (TPSA) is 97.4 Å². The largest absolute Gasteiger partial charge is 0.433 e. The van der Waals surface area contributed by atoms with Crippen LogP contribution in [0.3, 0.4) is 0 Å². The van der Waals surface area contributed by atoms with Gasteiger partial charge < -0.3 is 10.1 Å². The van der Waals surface area contributed by atoms with E-state index in [2.05, 4.69) is 16.2 Å². The summed E-state index contributed by atoms with van der Waals surface area (Å²) in [4.78, 5) is 15.8. The summed E-state index contributed by atoms with van der Waals surface area (Å²) in [5.74, 6) is 0.638. The molecule has 2 aromatic rings. The molecule has 182 valence electrons. The number of nitrogens with zero attached hydrogens (tertiary/aromatic N) is 1. The lowest BCUT2D eigenvalue weighted by atomic mass is 10.1. The van der Waals surface area contributed by atoms with E-state index in [-0.39, 0.29) is 47.8 Å². The fourth-order valence-electron chi connectivity index (χ4n) is 2.72. The second-order valence-corrected chi connectivity index (χ2v) is 8.69. The summed E-state index contributed by atoms with van der Waals surface area (Å²) in [5, 5.41) is 2.48. The molecule has 0 aliphatic heterocycles. The molecule has 1 aromatic carbocycles. The van der Waals surface area contributed by atoms with Gasteiger partial charge in [-0.25, -0.2) is 17.8 Å². The summed E-state index contributed by atoms with van der Waals surface area (Å²) in [7, 11) is -3.77. The lowest BCUT2D eigenvalue weighted by Crippen LogP contribution is -2.21. The van der Waals surface area contributed by atoms with Crippen LogP contribution in [0, 0.1) is 18.2 Å². The number of ether oxygens (including phenoxy) is 1. The maximum absolute atomic E-state index is 14.3. The summed E-state index contributed by atoms with van der Waals surface area (Å²) < 4.78 is 83.0. The number of benzene rings is 1. The molecule has 2 N–H and O–H groups in total. The molecule has 1 amide bonds. The Labute approximate surface area is 194 Å². The zero-order valence-electron chi connectivity index (χ0n) is 18.2. The second-order valence-electron chi connectivity index (χ2n) is 6.94. The normalized spacial score (nSPS) is 11.9. The Kier molecular flexibility index (Phi) is 8.78. The molecule has 0 radical (unpaired) electrons. The number of sulfonamides is 1. The van der Waals surface area contributed by atoms with E-state index in [0.29, 0.717) is 0 Å². The first-order valence-electron chi connectivity index (χ1n) is 9.71. The highest BCUT2D eigenvalue weighted by atomic mass is 32.2. The fourth-order valence-corrected chi connectivity index (χ4v) is 3.30. The van der Waals surface area contributed by atoms with E-state index in [0.717, 1.165) is 24.5 Å². The number of nitrogens with one attached hydrogen (secondary N) is 2. The number of pyridine rings is 1. The van der Waals surface area contributed by atoms with Gasteiger partial charge in [0, 0.05) is 19.2 Å². The number of rotatable bonds is 9. The Balaban J connectivity index is 2.15. The Hall–Kier alpha value is -3.43. The van der Waals surface area contributed by atoms with Gasteiger partial charge >= 0.3 is 6.18 Å². The summed E-state index contributed by atoms with van der Waals surface area (Å²) in [5.41, 5.74) is -0.981. The maximum atomic E-state index is 14.3. The number of aromatic nitrogens is 1. The number of carbonyl (C=O) groups excluding carboxylic acids is 1. The predicted molar refractivity (Wildman–Crippen MR) is 118 cm³/mol. The van der Waals surface area contributed by atoms with Crippen LogP contribution in [0.4, 0.5) is 23.2 Å². The number of alkyl halides is 3. The third-order valence-electron chi connectivity index (χ3n) is 4.22. The van der Waals surface area contributed by atoms with E-state index in [1.54, 1.807) is 6.92 Å². The third kappa shape index (κ3) is 7.86. The van der Waals surface area contributed by atoms with Gasteiger partial charge in [-0.1, -0.05) is 12.0 Å². The Bertz CT molecular complexity index is 1240. The second kappa shape index (κ2) is 11.1. The minimum absolute atomic E-state index is 0.00965. The van der Waals surface area contributed by atoms with Crippen LogP contribution in [-0.2, 0) is 38.9 Å². The van der Waals surface area contributed by atoms with Gasteiger partial charge in [-0.3, -0.25) is 9.52 Å². The minimum Gasteiger partial charge on any atom is -0.375 e. The Morgan fingerprint density at radius 1 is 1.29 bits per heavy atom. The van der Waals surface area contributed by atoms with Gasteiger partial charge in [0.15, 0.2) is 0 Å². The number of halogens is 4. The van der Waals surface area contributed by atoms with Crippen molar-refractivity contribution in [3.63, 3.8) is 0 Å². The lowest BCUT2D eigenvalue weighted by Gasteiger charge is -2.11. The molecule has 2 rings (SSSR count). The van der Waals surface area contributed by atoms with Gasteiger partial charge in [0.1, 0.15) is 11.5 Å². The summed E-state index contributed by atoms with van der Waals surface area (Å²) in [6, 6.07) is 4.32. The van der Waals surface area contributed by atoms with E-state index in [1.165, 1.54) is 18.2 Å². The smallest absolute Gasteiger partial charge is 0.375 e. The van der Waals surface area contributed by atoms with Crippen molar-refractivity contribution in [1.82, 2.24) is 10.3 Å². The Morgan fingerprint density at radius 2 is 2.00 bits per heavy atom. The van der Waals surface area contributed by atoms with Crippen LogP contribution >= 0.6 is 0 Å². The summed E-state index contributed by atoms with van der Waals surface area (Å²) in [6.45, 7) is 1.61. The zero-order valence-corrected chi connectivity index (χ0v) is 19.0. The van der Waals surface area contributed by atoms with Gasteiger partial charge in [0.2, 0.25) is 15.9 Å². The molecule has 0 spiro atoms. The predicted octanol–water partition coefficient (Wildman–Crippen LogP) is 3.46. The monoisotopic (exact) mass is 499 g/mol.